The van der Waals surface area contributed by atoms with Gasteiger partial charge in [0.1, 0.15) is 6.54 Å². The lowest BCUT2D eigenvalue weighted by atomic mass is 10.2. The van der Waals surface area contributed by atoms with E-state index in [0.717, 1.165) is 24.1 Å². The van der Waals surface area contributed by atoms with Crippen molar-refractivity contribution in [3.05, 3.63) is 12.2 Å². The molecular weight excluding hydrogens is 166 g/mol. The summed E-state index contributed by atoms with van der Waals surface area (Å²) < 4.78 is 0.811. The minimum absolute atomic E-state index is 0.311. The van der Waals surface area contributed by atoms with Gasteiger partial charge in [-0.25, -0.2) is 4.79 Å². The number of carboxylic acids is 1. The molecule has 0 amide bonds. The van der Waals surface area contributed by atoms with E-state index >= 15 is 0 Å². The number of carbonyl (C=O) groups is 1. The number of hydrogen-bond donors (Lipinski definition) is 1. The smallest absolute Gasteiger partial charge is 0.336 e. The van der Waals surface area contributed by atoms with E-state index in [9.17, 15) is 4.79 Å². The van der Waals surface area contributed by atoms with Crippen LogP contribution in [0.4, 0.5) is 0 Å². The Hall–Kier alpha value is -0.830. The van der Waals surface area contributed by atoms with Crippen molar-refractivity contribution in [3.8, 4) is 0 Å². The van der Waals surface area contributed by atoms with Crippen LogP contribution in [0.1, 0.15) is 20.8 Å². The Morgan fingerprint density at radius 2 is 1.62 bits per heavy atom. The third-order valence-electron chi connectivity index (χ3n) is 2.84. The molecule has 0 saturated heterocycles. The highest BCUT2D eigenvalue weighted by Crippen LogP contribution is 2.09. The molecule has 0 saturated carbocycles. The minimum Gasteiger partial charge on any atom is -0.478 e. The largest absolute Gasteiger partial charge is 0.478 e. The minimum atomic E-state index is -0.877. The quantitative estimate of drug-likeness (QED) is 0.504. The lowest BCUT2D eigenvalue weighted by molar-refractivity contribution is -0.918. The molecule has 76 valence electrons. The molecule has 3 nitrogen and oxygen atoms in total. The van der Waals surface area contributed by atoms with Crippen LogP contribution >= 0.6 is 0 Å². The molecular formula is C10H20NO2+. The van der Waals surface area contributed by atoms with Crippen LogP contribution in [0, 0.1) is 0 Å². The highest BCUT2D eigenvalue weighted by atomic mass is 16.4. The predicted octanol–water partition coefficient (Wildman–Crippen LogP) is 1.50. The number of aliphatic carboxylic acids is 1. The molecule has 0 atom stereocenters. The monoisotopic (exact) mass is 186 g/mol. The van der Waals surface area contributed by atoms with Gasteiger partial charge in [0.25, 0.3) is 0 Å². The van der Waals surface area contributed by atoms with Gasteiger partial charge in [-0.3, -0.25) is 0 Å². The summed E-state index contributed by atoms with van der Waals surface area (Å²) in [4.78, 5) is 10.6. The number of quaternary nitrogens is 1. The normalized spacial score (nSPS) is 11.3. The maximum absolute atomic E-state index is 10.6. The van der Waals surface area contributed by atoms with E-state index in [1.807, 2.05) is 0 Å². The van der Waals surface area contributed by atoms with Crippen molar-refractivity contribution < 1.29 is 14.4 Å². The maximum Gasteiger partial charge on any atom is 0.336 e. The van der Waals surface area contributed by atoms with Crippen molar-refractivity contribution in [1.29, 1.82) is 0 Å². The first kappa shape index (κ1) is 12.2. The highest BCUT2D eigenvalue weighted by molar-refractivity contribution is 5.85. The molecule has 3 heteroatoms. The third kappa shape index (κ3) is 3.19. The number of rotatable bonds is 6. The average molecular weight is 186 g/mol. The van der Waals surface area contributed by atoms with Gasteiger partial charge in [0.05, 0.1) is 25.2 Å². The summed E-state index contributed by atoms with van der Waals surface area (Å²) in [5.41, 5.74) is 0.311. The van der Waals surface area contributed by atoms with Crippen LogP contribution in [0.5, 0.6) is 0 Å². The van der Waals surface area contributed by atoms with Crippen molar-refractivity contribution in [1.82, 2.24) is 0 Å². The fourth-order valence-corrected chi connectivity index (χ4v) is 1.48. The number of carboxylic acid groups (broad SMARTS) is 1. The first-order chi connectivity index (χ1) is 6.01. The highest BCUT2D eigenvalue weighted by Gasteiger charge is 2.24. The lowest BCUT2D eigenvalue weighted by Crippen LogP contribution is -2.49. The van der Waals surface area contributed by atoms with Gasteiger partial charge in [-0.1, -0.05) is 6.58 Å². The second-order valence-corrected chi connectivity index (χ2v) is 3.36. The van der Waals surface area contributed by atoms with E-state index in [2.05, 4.69) is 27.4 Å². The summed E-state index contributed by atoms with van der Waals surface area (Å²) in [6, 6.07) is 0. The first-order valence-electron chi connectivity index (χ1n) is 4.77. The summed E-state index contributed by atoms with van der Waals surface area (Å²) in [5.74, 6) is -0.877. The molecule has 0 rings (SSSR count). The van der Waals surface area contributed by atoms with Crippen molar-refractivity contribution in [2.24, 2.45) is 0 Å². The van der Waals surface area contributed by atoms with Gasteiger partial charge < -0.3 is 9.59 Å². The van der Waals surface area contributed by atoms with E-state index in [1.54, 1.807) is 0 Å². The fraction of sp³-hybridized carbons (Fsp3) is 0.700. The van der Waals surface area contributed by atoms with Crippen LogP contribution in [-0.4, -0.2) is 41.7 Å². The first-order valence-corrected chi connectivity index (χ1v) is 4.77. The van der Waals surface area contributed by atoms with Gasteiger partial charge in [0.2, 0.25) is 0 Å². The summed E-state index contributed by atoms with van der Waals surface area (Å²) in [6.45, 7) is 13.3. The van der Waals surface area contributed by atoms with Crippen LogP contribution in [0.2, 0.25) is 0 Å². The Morgan fingerprint density at radius 1 is 1.23 bits per heavy atom. The Labute approximate surface area is 80.3 Å². The van der Waals surface area contributed by atoms with E-state index in [0.29, 0.717) is 12.1 Å². The van der Waals surface area contributed by atoms with Gasteiger partial charge in [0, 0.05) is 0 Å². The molecule has 0 aliphatic carbocycles. The second-order valence-electron chi connectivity index (χ2n) is 3.36. The maximum atomic E-state index is 10.6. The molecule has 0 radical (unpaired) electrons. The number of likely N-dealkylation sites (N-methyl/N-ethyl adjacent to an activating group) is 1. The Balaban J connectivity index is 4.42. The van der Waals surface area contributed by atoms with Gasteiger partial charge in [0.15, 0.2) is 0 Å². The van der Waals surface area contributed by atoms with E-state index in [-0.39, 0.29) is 0 Å². The van der Waals surface area contributed by atoms with Crippen LogP contribution in [-0.2, 0) is 4.79 Å². The van der Waals surface area contributed by atoms with Crippen LogP contribution in [0.15, 0.2) is 12.2 Å². The molecule has 0 aromatic rings. The molecule has 0 heterocycles. The molecule has 0 spiro atoms. The van der Waals surface area contributed by atoms with Crippen LogP contribution in [0.25, 0.3) is 0 Å². The van der Waals surface area contributed by atoms with Crippen molar-refractivity contribution >= 4 is 5.97 Å². The topological polar surface area (TPSA) is 37.3 Å². The van der Waals surface area contributed by atoms with Crippen molar-refractivity contribution in [2.45, 2.75) is 20.8 Å². The Morgan fingerprint density at radius 3 is 1.85 bits per heavy atom. The molecule has 0 unspecified atom stereocenters. The average Bonchev–Trinajstić information content (AvgIpc) is 2.14. The Kier molecular flexibility index (Phi) is 4.70. The fourth-order valence-electron chi connectivity index (χ4n) is 1.48. The zero-order valence-corrected chi connectivity index (χ0v) is 8.84. The molecule has 0 aromatic heterocycles. The lowest BCUT2D eigenvalue weighted by Gasteiger charge is -2.35. The number of hydrogen-bond acceptors (Lipinski definition) is 1. The summed E-state index contributed by atoms with van der Waals surface area (Å²) in [6.07, 6.45) is 0. The molecule has 0 fully saturated rings. The van der Waals surface area contributed by atoms with E-state index in [4.69, 9.17) is 5.11 Å². The molecule has 0 aliphatic rings. The SMILES string of the molecule is C=C(C[N+](CC)(CC)CC)C(=O)O. The molecule has 0 bridgehead atoms. The van der Waals surface area contributed by atoms with Crippen LogP contribution < -0.4 is 0 Å². The standard InChI is InChI=1S/C10H19NO2/c1-5-11(6-2,7-3)8-9(4)10(12)13/h4-8H2,1-3H3/p+1. The summed E-state index contributed by atoms with van der Waals surface area (Å²) in [5, 5.41) is 8.72. The predicted molar refractivity (Wildman–Crippen MR) is 53.5 cm³/mol. The molecule has 13 heavy (non-hydrogen) atoms. The number of nitrogens with zero attached hydrogens (tertiary/aromatic N) is 1. The zero-order valence-electron chi connectivity index (χ0n) is 8.84. The van der Waals surface area contributed by atoms with Gasteiger partial charge in [-0.05, 0) is 20.8 Å². The third-order valence-corrected chi connectivity index (χ3v) is 2.84. The molecule has 1 N–H and O–H groups in total. The zero-order chi connectivity index (χ0) is 10.5. The van der Waals surface area contributed by atoms with Gasteiger partial charge >= 0.3 is 5.97 Å². The second kappa shape index (κ2) is 5.02. The van der Waals surface area contributed by atoms with Crippen molar-refractivity contribution in [3.63, 3.8) is 0 Å². The van der Waals surface area contributed by atoms with Gasteiger partial charge in [-0.2, -0.15) is 0 Å². The van der Waals surface area contributed by atoms with Crippen molar-refractivity contribution in [2.75, 3.05) is 26.2 Å². The summed E-state index contributed by atoms with van der Waals surface area (Å²) in [7, 11) is 0. The van der Waals surface area contributed by atoms with Crippen LogP contribution in [0.3, 0.4) is 0 Å². The van der Waals surface area contributed by atoms with E-state index in [1.165, 1.54) is 0 Å². The molecule has 0 aliphatic heterocycles. The van der Waals surface area contributed by atoms with E-state index < -0.39 is 5.97 Å². The molecule has 0 aromatic carbocycles. The Bertz CT molecular complexity index is 187. The summed E-state index contributed by atoms with van der Waals surface area (Å²) >= 11 is 0. The van der Waals surface area contributed by atoms with Gasteiger partial charge in [-0.15, -0.1) is 0 Å².